The Bertz CT molecular complexity index is 669. The van der Waals surface area contributed by atoms with Crippen molar-refractivity contribution < 1.29 is 4.39 Å². The summed E-state index contributed by atoms with van der Waals surface area (Å²) in [5.74, 6) is 0.931. The number of imidazole rings is 1. The number of anilines is 1. The lowest BCUT2D eigenvalue weighted by Gasteiger charge is -2.22. The number of benzene rings is 1. The molecule has 0 amide bonds. The number of hydrogen-bond acceptors (Lipinski definition) is 2. The summed E-state index contributed by atoms with van der Waals surface area (Å²) in [6.07, 6.45) is 0. The molecular weight excluding hydrogens is 289 g/mol. The van der Waals surface area contributed by atoms with Gasteiger partial charge in [-0.05, 0) is 32.0 Å². The summed E-state index contributed by atoms with van der Waals surface area (Å²) in [6, 6.07) is 4.55. The predicted octanol–water partition coefficient (Wildman–Crippen LogP) is 4.80. The molecule has 114 valence electrons. The van der Waals surface area contributed by atoms with Crippen molar-refractivity contribution in [2.45, 2.75) is 46.1 Å². The Hall–Kier alpha value is -1.55. The Kier molecular flexibility index (Phi) is 4.02. The molecular formula is C16H21ClFN3. The van der Waals surface area contributed by atoms with Crippen molar-refractivity contribution in [2.75, 3.05) is 5.73 Å². The van der Waals surface area contributed by atoms with Crippen LogP contribution >= 0.6 is 11.6 Å². The predicted molar refractivity (Wildman–Crippen MR) is 86.1 cm³/mol. The van der Waals surface area contributed by atoms with Gasteiger partial charge in [0.2, 0.25) is 0 Å². The molecule has 1 heterocycles. The second-order valence-corrected chi connectivity index (χ2v) is 6.94. The van der Waals surface area contributed by atoms with Gasteiger partial charge in [-0.2, -0.15) is 0 Å². The van der Waals surface area contributed by atoms with Crippen LogP contribution in [0.4, 0.5) is 10.2 Å². The number of nitrogens with two attached hydrogens (primary N) is 1. The first-order valence-electron chi connectivity index (χ1n) is 6.96. The van der Waals surface area contributed by atoms with Crippen LogP contribution in [0.2, 0.25) is 5.02 Å². The summed E-state index contributed by atoms with van der Waals surface area (Å²) >= 11 is 5.98. The van der Waals surface area contributed by atoms with E-state index >= 15 is 0 Å². The molecule has 0 aliphatic heterocycles. The van der Waals surface area contributed by atoms with E-state index in [0.29, 0.717) is 22.1 Å². The van der Waals surface area contributed by atoms with Gasteiger partial charge >= 0.3 is 0 Å². The minimum atomic E-state index is -0.375. The fraction of sp³-hybridized carbons (Fsp3) is 0.438. The van der Waals surface area contributed by atoms with Gasteiger partial charge in [-0.1, -0.05) is 32.4 Å². The van der Waals surface area contributed by atoms with E-state index in [1.807, 2.05) is 18.4 Å². The quantitative estimate of drug-likeness (QED) is 0.865. The normalized spacial score (nSPS) is 12.2. The molecule has 0 fully saturated rings. The molecule has 1 aromatic heterocycles. The molecule has 2 rings (SSSR count). The van der Waals surface area contributed by atoms with Crippen molar-refractivity contribution in [3.63, 3.8) is 0 Å². The van der Waals surface area contributed by atoms with Crippen LogP contribution in [0, 0.1) is 5.82 Å². The molecule has 0 bridgehead atoms. The van der Waals surface area contributed by atoms with Gasteiger partial charge in [-0.3, -0.25) is 0 Å². The van der Waals surface area contributed by atoms with E-state index in [4.69, 9.17) is 17.3 Å². The van der Waals surface area contributed by atoms with Crippen LogP contribution < -0.4 is 5.73 Å². The highest BCUT2D eigenvalue weighted by Gasteiger charge is 2.27. The molecule has 0 saturated heterocycles. The van der Waals surface area contributed by atoms with Gasteiger partial charge in [0.15, 0.2) is 0 Å². The molecule has 5 heteroatoms. The molecule has 0 spiro atoms. The minimum absolute atomic E-state index is 0.141. The van der Waals surface area contributed by atoms with Crippen LogP contribution in [0.25, 0.3) is 11.3 Å². The largest absolute Gasteiger partial charge is 0.383 e. The van der Waals surface area contributed by atoms with E-state index in [9.17, 15) is 4.39 Å². The molecule has 0 radical (unpaired) electrons. The Morgan fingerprint density at radius 1 is 1.29 bits per heavy atom. The van der Waals surface area contributed by atoms with Crippen molar-refractivity contribution in [1.29, 1.82) is 0 Å². The van der Waals surface area contributed by atoms with Crippen LogP contribution in [-0.4, -0.2) is 9.55 Å². The number of halogens is 2. The zero-order valence-electron chi connectivity index (χ0n) is 13.0. The number of aromatic nitrogens is 2. The van der Waals surface area contributed by atoms with Crippen molar-refractivity contribution in [1.82, 2.24) is 9.55 Å². The maximum absolute atomic E-state index is 14.1. The smallest absolute Gasteiger partial charge is 0.132 e. The van der Waals surface area contributed by atoms with E-state index in [0.717, 1.165) is 5.82 Å². The number of hydrogen-bond donors (Lipinski definition) is 1. The highest BCUT2D eigenvalue weighted by Crippen LogP contribution is 2.36. The second kappa shape index (κ2) is 5.34. The number of nitrogen functional groups attached to an aromatic ring is 1. The SMILES string of the molecule is CC(C)n1c(C(C)(C)C)nc(-c2cc(Cl)ccc2F)c1N. The van der Waals surface area contributed by atoms with Crippen molar-refractivity contribution in [3.8, 4) is 11.3 Å². The van der Waals surface area contributed by atoms with E-state index in [1.54, 1.807) is 6.07 Å². The lowest BCUT2D eigenvalue weighted by Crippen LogP contribution is -2.21. The van der Waals surface area contributed by atoms with Crippen LogP contribution in [0.5, 0.6) is 0 Å². The number of rotatable bonds is 2. The van der Waals surface area contributed by atoms with E-state index in [1.165, 1.54) is 12.1 Å². The standard InChI is InChI=1S/C16H21ClFN3/c1-9(2)21-14(19)13(20-15(21)16(3,4)5)11-8-10(17)6-7-12(11)18/h6-9H,19H2,1-5H3. The molecule has 0 aliphatic carbocycles. The third kappa shape index (κ3) is 2.91. The molecule has 2 N–H and O–H groups in total. The Morgan fingerprint density at radius 3 is 2.38 bits per heavy atom. The van der Waals surface area contributed by atoms with Gasteiger partial charge in [0, 0.05) is 22.0 Å². The maximum atomic E-state index is 14.1. The first-order valence-corrected chi connectivity index (χ1v) is 7.34. The van der Waals surface area contributed by atoms with Crippen LogP contribution in [-0.2, 0) is 5.41 Å². The first kappa shape index (κ1) is 15.8. The topological polar surface area (TPSA) is 43.8 Å². The van der Waals surface area contributed by atoms with Crippen molar-refractivity contribution >= 4 is 17.4 Å². The molecule has 21 heavy (non-hydrogen) atoms. The molecule has 0 saturated carbocycles. The Labute approximate surface area is 129 Å². The lowest BCUT2D eigenvalue weighted by molar-refractivity contribution is 0.473. The monoisotopic (exact) mass is 309 g/mol. The molecule has 0 unspecified atom stereocenters. The fourth-order valence-corrected chi connectivity index (χ4v) is 2.55. The summed E-state index contributed by atoms with van der Waals surface area (Å²) in [4.78, 5) is 4.61. The van der Waals surface area contributed by atoms with Gasteiger partial charge in [-0.15, -0.1) is 0 Å². The maximum Gasteiger partial charge on any atom is 0.132 e. The van der Waals surface area contributed by atoms with Crippen molar-refractivity contribution in [3.05, 3.63) is 34.9 Å². The Morgan fingerprint density at radius 2 is 1.90 bits per heavy atom. The van der Waals surface area contributed by atoms with Crippen LogP contribution in [0.3, 0.4) is 0 Å². The first-order chi connectivity index (χ1) is 9.62. The summed E-state index contributed by atoms with van der Waals surface area (Å²) in [7, 11) is 0. The van der Waals surface area contributed by atoms with Gasteiger partial charge in [0.1, 0.15) is 23.2 Å². The van der Waals surface area contributed by atoms with E-state index < -0.39 is 0 Å². The summed E-state index contributed by atoms with van der Waals surface area (Å²) in [6.45, 7) is 10.3. The van der Waals surface area contributed by atoms with Crippen LogP contribution in [0.15, 0.2) is 18.2 Å². The Balaban J connectivity index is 2.74. The molecule has 1 aromatic carbocycles. The number of nitrogens with zero attached hydrogens (tertiary/aromatic N) is 2. The third-order valence-electron chi connectivity index (χ3n) is 3.32. The van der Waals surface area contributed by atoms with E-state index in [-0.39, 0.29) is 17.3 Å². The highest BCUT2D eigenvalue weighted by molar-refractivity contribution is 6.30. The molecule has 0 aliphatic rings. The lowest BCUT2D eigenvalue weighted by atomic mass is 9.95. The van der Waals surface area contributed by atoms with Gasteiger partial charge in [0.05, 0.1) is 0 Å². The molecule has 0 atom stereocenters. The average Bonchev–Trinajstić information content (AvgIpc) is 2.70. The van der Waals surface area contributed by atoms with E-state index in [2.05, 4.69) is 25.8 Å². The molecule has 2 aromatic rings. The van der Waals surface area contributed by atoms with Crippen LogP contribution in [0.1, 0.15) is 46.5 Å². The fourth-order valence-electron chi connectivity index (χ4n) is 2.37. The van der Waals surface area contributed by atoms with Gasteiger partial charge in [-0.25, -0.2) is 9.37 Å². The summed E-state index contributed by atoms with van der Waals surface area (Å²) < 4.78 is 16.1. The highest BCUT2D eigenvalue weighted by atomic mass is 35.5. The molecule has 3 nitrogen and oxygen atoms in total. The zero-order valence-corrected chi connectivity index (χ0v) is 13.8. The summed E-state index contributed by atoms with van der Waals surface area (Å²) in [5, 5.41) is 0.460. The zero-order chi connectivity index (χ0) is 15.9. The van der Waals surface area contributed by atoms with Gasteiger partial charge in [0.25, 0.3) is 0 Å². The second-order valence-electron chi connectivity index (χ2n) is 6.51. The average molecular weight is 310 g/mol. The third-order valence-corrected chi connectivity index (χ3v) is 3.55. The summed E-state index contributed by atoms with van der Waals surface area (Å²) in [5.41, 5.74) is 6.84. The van der Waals surface area contributed by atoms with Gasteiger partial charge < -0.3 is 10.3 Å². The minimum Gasteiger partial charge on any atom is -0.383 e. The van der Waals surface area contributed by atoms with Crippen molar-refractivity contribution in [2.24, 2.45) is 0 Å².